The summed E-state index contributed by atoms with van der Waals surface area (Å²) < 4.78 is 18.4. The van der Waals surface area contributed by atoms with Gasteiger partial charge in [0.25, 0.3) is 5.91 Å². The first kappa shape index (κ1) is 23.4. The summed E-state index contributed by atoms with van der Waals surface area (Å²) in [7, 11) is 4.65. The van der Waals surface area contributed by atoms with E-state index < -0.39 is 6.04 Å². The van der Waals surface area contributed by atoms with Crippen LogP contribution in [0.15, 0.2) is 65.3 Å². The van der Waals surface area contributed by atoms with Crippen molar-refractivity contribution in [3.63, 3.8) is 0 Å². The Morgan fingerprint density at radius 1 is 1.08 bits per heavy atom. The molecule has 2 N–H and O–H groups in total. The van der Waals surface area contributed by atoms with Crippen molar-refractivity contribution in [2.45, 2.75) is 13.0 Å². The van der Waals surface area contributed by atoms with E-state index in [1.807, 2.05) is 42.6 Å². The second-order valence-corrected chi connectivity index (χ2v) is 8.82. The number of allylic oxidation sites excluding steroid dienone is 1. The van der Waals surface area contributed by atoms with E-state index in [1.165, 1.54) is 11.3 Å². The Bertz CT molecular complexity index is 1410. The highest BCUT2D eigenvalue weighted by atomic mass is 32.1. The minimum absolute atomic E-state index is 0.323. The molecule has 4 aromatic rings. The van der Waals surface area contributed by atoms with E-state index in [2.05, 4.69) is 15.6 Å². The number of hydrogen-bond acceptors (Lipinski definition) is 9. The van der Waals surface area contributed by atoms with Gasteiger partial charge in [-0.25, -0.2) is 9.67 Å². The lowest BCUT2D eigenvalue weighted by atomic mass is 9.94. The summed E-state index contributed by atoms with van der Waals surface area (Å²) in [4.78, 5) is 23.5. The van der Waals surface area contributed by atoms with Crippen LogP contribution in [0.3, 0.4) is 0 Å². The van der Waals surface area contributed by atoms with Gasteiger partial charge < -0.3 is 24.8 Å². The van der Waals surface area contributed by atoms with Crippen molar-refractivity contribution >= 4 is 29.0 Å². The maximum atomic E-state index is 13.6. The standard InChI is InChI=1S/C25H24N6O4S/c1-14-20(24(32)28-19-9-5-6-10-26-19)21(15-12-16(33-2)22(35-4)17(13-15)34-3)31-25(27-14)29-23(30-31)18-8-7-11-36-18/h5-13,21H,1-4H3,(H,26,28,32)(H,27,29,30). The fourth-order valence-corrected chi connectivity index (χ4v) is 4.80. The van der Waals surface area contributed by atoms with E-state index in [0.717, 1.165) is 4.88 Å². The number of amides is 1. The van der Waals surface area contributed by atoms with Gasteiger partial charge in [-0.1, -0.05) is 12.1 Å². The molecular formula is C25H24N6O4S. The first-order valence-electron chi connectivity index (χ1n) is 11.0. The summed E-state index contributed by atoms with van der Waals surface area (Å²) in [6, 6.07) is 12.2. The summed E-state index contributed by atoms with van der Waals surface area (Å²) in [6.07, 6.45) is 1.62. The molecule has 1 amide bonds. The minimum atomic E-state index is -0.639. The van der Waals surface area contributed by atoms with Crippen molar-refractivity contribution in [1.29, 1.82) is 0 Å². The molecule has 0 spiro atoms. The zero-order valence-electron chi connectivity index (χ0n) is 20.1. The highest BCUT2D eigenvalue weighted by molar-refractivity contribution is 7.13. The average molecular weight is 505 g/mol. The Labute approximate surface area is 211 Å². The molecule has 4 heterocycles. The number of methoxy groups -OCH3 is 3. The number of nitrogens with one attached hydrogen (secondary N) is 2. The second-order valence-electron chi connectivity index (χ2n) is 7.87. The topological polar surface area (TPSA) is 112 Å². The van der Waals surface area contributed by atoms with E-state index in [-0.39, 0.29) is 5.91 Å². The van der Waals surface area contributed by atoms with Gasteiger partial charge >= 0.3 is 0 Å². The quantitative estimate of drug-likeness (QED) is 0.382. The van der Waals surface area contributed by atoms with E-state index >= 15 is 0 Å². The summed E-state index contributed by atoms with van der Waals surface area (Å²) in [6.45, 7) is 1.83. The number of fused-ring (bicyclic) bond motifs is 1. The number of anilines is 2. The van der Waals surface area contributed by atoms with Crippen LogP contribution < -0.4 is 24.8 Å². The number of benzene rings is 1. The van der Waals surface area contributed by atoms with Gasteiger partial charge in [-0.3, -0.25) is 4.79 Å². The molecule has 1 unspecified atom stereocenters. The van der Waals surface area contributed by atoms with Crippen molar-refractivity contribution in [2.75, 3.05) is 32.0 Å². The van der Waals surface area contributed by atoms with Crippen molar-refractivity contribution in [1.82, 2.24) is 19.7 Å². The summed E-state index contributed by atoms with van der Waals surface area (Å²) in [5.41, 5.74) is 1.80. The Morgan fingerprint density at radius 2 is 1.86 bits per heavy atom. The molecule has 1 aliphatic rings. The molecule has 10 nitrogen and oxygen atoms in total. The van der Waals surface area contributed by atoms with E-state index in [9.17, 15) is 4.79 Å². The fraction of sp³-hybridized carbons (Fsp3) is 0.200. The number of rotatable bonds is 7. The first-order valence-corrected chi connectivity index (χ1v) is 11.9. The Hall–Kier alpha value is -4.38. The van der Waals surface area contributed by atoms with Crippen LogP contribution in [0.2, 0.25) is 0 Å². The average Bonchev–Trinajstić information content (AvgIpc) is 3.57. The number of aromatic nitrogens is 4. The van der Waals surface area contributed by atoms with Crippen LogP contribution in [0, 0.1) is 0 Å². The third-order valence-electron chi connectivity index (χ3n) is 5.75. The van der Waals surface area contributed by atoms with E-state index in [4.69, 9.17) is 24.3 Å². The molecule has 0 saturated heterocycles. The van der Waals surface area contributed by atoms with Crippen LogP contribution in [-0.2, 0) is 4.79 Å². The van der Waals surface area contributed by atoms with Crippen molar-refractivity contribution in [3.05, 3.63) is 70.9 Å². The molecule has 0 bridgehead atoms. The summed E-state index contributed by atoms with van der Waals surface area (Å²) >= 11 is 1.54. The number of carbonyl (C=O) groups is 1. The predicted octanol–water partition coefficient (Wildman–Crippen LogP) is 4.36. The first-order chi connectivity index (χ1) is 17.5. The lowest BCUT2D eigenvalue weighted by molar-refractivity contribution is -0.113. The predicted molar refractivity (Wildman–Crippen MR) is 137 cm³/mol. The number of nitrogens with zero attached hydrogens (tertiary/aromatic N) is 4. The minimum Gasteiger partial charge on any atom is -0.493 e. The lowest BCUT2D eigenvalue weighted by Gasteiger charge is -2.29. The van der Waals surface area contributed by atoms with Crippen LogP contribution in [0.5, 0.6) is 17.2 Å². The molecular weight excluding hydrogens is 480 g/mol. The highest BCUT2D eigenvalue weighted by Gasteiger charge is 2.36. The lowest BCUT2D eigenvalue weighted by Crippen LogP contribution is -2.31. The molecule has 0 aliphatic carbocycles. The van der Waals surface area contributed by atoms with Gasteiger partial charge in [-0.05, 0) is 48.2 Å². The number of pyridine rings is 1. The van der Waals surface area contributed by atoms with Crippen LogP contribution in [0.25, 0.3) is 10.7 Å². The molecule has 0 saturated carbocycles. The molecule has 5 rings (SSSR count). The molecule has 3 aromatic heterocycles. The van der Waals surface area contributed by atoms with Crippen LogP contribution in [0.1, 0.15) is 18.5 Å². The smallest absolute Gasteiger partial charge is 0.257 e. The maximum absolute atomic E-state index is 13.6. The zero-order chi connectivity index (χ0) is 25.2. The van der Waals surface area contributed by atoms with Gasteiger partial charge in [0.05, 0.1) is 31.8 Å². The summed E-state index contributed by atoms with van der Waals surface area (Å²) in [5.74, 6) is 2.58. The highest BCUT2D eigenvalue weighted by Crippen LogP contribution is 2.44. The third kappa shape index (κ3) is 4.13. The molecule has 184 valence electrons. The van der Waals surface area contributed by atoms with Gasteiger partial charge in [0.15, 0.2) is 17.3 Å². The fourth-order valence-electron chi connectivity index (χ4n) is 4.14. The zero-order valence-corrected chi connectivity index (χ0v) is 20.9. The van der Waals surface area contributed by atoms with Gasteiger partial charge in [0.2, 0.25) is 11.7 Å². The van der Waals surface area contributed by atoms with Crippen molar-refractivity contribution in [2.24, 2.45) is 0 Å². The van der Waals surface area contributed by atoms with E-state index in [1.54, 1.807) is 44.3 Å². The molecule has 0 radical (unpaired) electrons. The van der Waals surface area contributed by atoms with Gasteiger partial charge in [0.1, 0.15) is 11.9 Å². The van der Waals surface area contributed by atoms with Crippen molar-refractivity contribution in [3.8, 4) is 28.0 Å². The Morgan fingerprint density at radius 3 is 2.47 bits per heavy atom. The number of ether oxygens (including phenoxy) is 3. The summed E-state index contributed by atoms with van der Waals surface area (Å²) in [5, 5.41) is 12.9. The molecule has 36 heavy (non-hydrogen) atoms. The Balaban J connectivity index is 1.67. The van der Waals surface area contributed by atoms with Crippen molar-refractivity contribution < 1.29 is 19.0 Å². The molecule has 1 atom stereocenters. The van der Waals surface area contributed by atoms with Gasteiger partial charge in [0, 0.05) is 11.9 Å². The number of thiophene rings is 1. The molecule has 1 aliphatic heterocycles. The normalized spacial score (nSPS) is 14.6. The van der Waals surface area contributed by atoms with Crippen LogP contribution in [-0.4, -0.2) is 47.0 Å². The number of hydrogen-bond donors (Lipinski definition) is 2. The Kier molecular flexibility index (Phi) is 6.30. The van der Waals surface area contributed by atoms with Crippen LogP contribution >= 0.6 is 11.3 Å². The molecule has 11 heteroatoms. The molecule has 1 aromatic carbocycles. The number of carbonyl (C=O) groups excluding carboxylic acids is 1. The van der Waals surface area contributed by atoms with Crippen LogP contribution in [0.4, 0.5) is 11.8 Å². The molecule has 0 fully saturated rings. The largest absolute Gasteiger partial charge is 0.493 e. The van der Waals surface area contributed by atoms with E-state index in [0.29, 0.717) is 51.7 Å². The van der Waals surface area contributed by atoms with Gasteiger partial charge in [-0.2, -0.15) is 4.98 Å². The van der Waals surface area contributed by atoms with Gasteiger partial charge in [-0.15, -0.1) is 16.4 Å². The SMILES string of the molecule is COc1cc(C2C(C(=O)Nc3ccccn3)=C(C)Nc3nc(-c4cccs4)nn32)cc(OC)c1OC. The second kappa shape index (κ2) is 9.70. The monoisotopic (exact) mass is 504 g/mol. The maximum Gasteiger partial charge on any atom is 0.257 e. The third-order valence-corrected chi connectivity index (χ3v) is 6.61.